The maximum Gasteiger partial charge on any atom is 0.306 e. The van der Waals surface area contributed by atoms with E-state index in [0.29, 0.717) is 25.7 Å². The number of phenols is 2. The highest BCUT2D eigenvalue weighted by molar-refractivity contribution is 6.30. The summed E-state index contributed by atoms with van der Waals surface area (Å²) in [4.78, 5) is 38.5. The number of carbonyl (C=O) groups excluding carboxylic acids is 2. The molecule has 278 valence electrons. The fraction of sp³-hybridized carbons (Fsp3) is 0.595. The zero-order valence-corrected chi connectivity index (χ0v) is 29.0. The lowest BCUT2D eigenvalue weighted by molar-refractivity contribution is -0.303. The van der Waals surface area contributed by atoms with Gasteiger partial charge in [0.15, 0.2) is 24.1 Å². The Labute approximate surface area is 294 Å². The van der Waals surface area contributed by atoms with E-state index in [0.717, 1.165) is 0 Å². The van der Waals surface area contributed by atoms with Crippen molar-refractivity contribution in [2.45, 2.75) is 140 Å². The number of aromatic hydroxyl groups is 2. The molecule has 3 aliphatic heterocycles. The Bertz CT molecular complexity index is 1660. The van der Waals surface area contributed by atoms with Crippen LogP contribution >= 0.6 is 0 Å². The molecule has 4 aliphatic rings. The summed E-state index contributed by atoms with van der Waals surface area (Å²) in [5.74, 6) is -3.70. The van der Waals surface area contributed by atoms with Crippen LogP contribution in [0.5, 0.6) is 11.5 Å². The molecule has 0 bridgehead atoms. The van der Waals surface area contributed by atoms with E-state index < -0.39 is 84.2 Å². The van der Waals surface area contributed by atoms with E-state index in [1.165, 1.54) is 31.2 Å². The van der Waals surface area contributed by atoms with Crippen LogP contribution in [-0.4, -0.2) is 109 Å². The van der Waals surface area contributed by atoms with Crippen molar-refractivity contribution in [2.75, 3.05) is 0 Å². The van der Waals surface area contributed by atoms with Gasteiger partial charge in [0, 0.05) is 42.4 Å². The van der Waals surface area contributed by atoms with Crippen LogP contribution in [0.4, 0.5) is 0 Å². The number of hydrogen-bond donors (Lipinski definition) is 6. The summed E-state index contributed by atoms with van der Waals surface area (Å²) >= 11 is 0. The SMILES string of the molecule is C[C@@H]1O[C@@H](O[C@H]2[C@H](O)C[C@H](c3ccc4c(c3O)C(=O)c3ccc(C[C@@](C)(O)CC(=O)O)c(O)c3C4=O)O[C@@H]2C)CC[C@@H]1O[C@H]1CC[C@H](O)[C@H](C)O1. The van der Waals surface area contributed by atoms with Gasteiger partial charge in [-0.15, -0.1) is 0 Å². The van der Waals surface area contributed by atoms with Crippen LogP contribution in [0.25, 0.3) is 0 Å². The topological polar surface area (TPSA) is 219 Å². The molecular weight excluding hydrogens is 668 g/mol. The van der Waals surface area contributed by atoms with Crippen molar-refractivity contribution >= 4 is 17.5 Å². The number of hydrogen-bond acceptors (Lipinski definition) is 13. The number of aliphatic hydroxyl groups is 3. The first-order valence-corrected chi connectivity index (χ1v) is 17.4. The van der Waals surface area contributed by atoms with Gasteiger partial charge >= 0.3 is 5.97 Å². The van der Waals surface area contributed by atoms with E-state index in [-0.39, 0.29) is 64.5 Å². The second-order valence-electron chi connectivity index (χ2n) is 14.5. The monoisotopic (exact) mass is 714 g/mol. The van der Waals surface area contributed by atoms with Gasteiger partial charge in [-0.25, -0.2) is 0 Å². The number of benzene rings is 2. The minimum Gasteiger partial charge on any atom is -0.507 e. The standard InChI is InChI=1S/C37H46O14/c1-16-23(38)9-11-28(48-16)50-25-10-12-29(49-17(25)2)51-36-18(3)47-26(13-24(36)39)20-7-8-22-31(33(20)43)35(45)21-6-5-19(32(42)30(21)34(22)44)14-37(4,46)15-27(40)41/h5-8,16-18,23-26,28-29,36,38-39,42-43,46H,9-15H2,1-4H3,(H,40,41)/t16-,17-,18+,23-,24+,25-,26+,28-,29-,36+,37+/m0/s1. The first-order chi connectivity index (χ1) is 24.0. The van der Waals surface area contributed by atoms with Crippen LogP contribution in [-0.2, 0) is 34.9 Å². The Balaban J connectivity index is 1.12. The average Bonchev–Trinajstić information content (AvgIpc) is 3.04. The molecule has 0 saturated carbocycles. The minimum absolute atomic E-state index is 0.0115. The summed E-state index contributed by atoms with van der Waals surface area (Å²) in [5.41, 5.74) is -2.29. The van der Waals surface area contributed by atoms with Gasteiger partial charge in [-0.3, -0.25) is 14.4 Å². The molecule has 0 unspecified atom stereocenters. The molecule has 11 atom stereocenters. The lowest BCUT2D eigenvalue weighted by Crippen LogP contribution is -2.50. The number of carboxylic acids is 1. The number of phenolic OH excluding ortho intramolecular Hbond substituents is 2. The molecule has 2 aromatic carbocycles. The predicted octanol–water partition coefficient (Wildman–Crippen LogP) is 3.03. The van der Waals surface area contributed by atoms with Crippen molar-refractivity contribution in [3.05, 3.63) is 57.6 Å². The fourth-order valence-electron chi connectivity index (χ4n) is 7.63. The van der Waals surface area contributed by atoms with Crippen molar-refractivity contribution in [3.8, 4) is 11.5 Å². The van der Waals surface area contributed by atoms with Gasteiger partial charge in [0.1, 0.15) is 17.6 Å². The van der Waals surface area contributed by atoms with E-state index in [4.69, 9.17) is 28.8 Å². The van der Waals surface area contributed by atoms with E-state index in [9.17, 15) is 39.9 Å². The molecule has 14 heteroatoms. The van der Waals surface area contributed by atoms with Crippen LogP contribution in [0.3, 0.4) is 0 Å². The summed E-state index contributed by atoms with van der Waals surface area (Å²) in [7, 11) is 0. The predicted molar refractivity (Wildman–Crippen MR) is 176 cm³/mol. The molecule has 1 aliphatic carbocycles. The number of carboxylic acid groups (broad SMARTS) is 1. The molecule has 3 saturated heterocycles. The van der Waals surface area contributed by atoms with Gasteiger partial charge in [0.05, 0.1) is 65.9 Å². The highest BCUT2D eigenvalue weighted by Crippen LogP contribution is 2.44. The van der Waals surface area contributed by atoms with Gasteiger partial charge in [-0.2, -0.15) is 0 Å². The van der Waals surface area contributed by atoms with Crippen LogP contribution in [0, 0.1) is 0 Å². The largest absolute Gasteiger partial charge is 0.507 e. The average molecular weight is 715 g/mol. The maximum absolute atomic E-state index is 13.7. The normalized spacial score (nSPS) is 33.6. The van der Waals surface area contributed by atoms with Crippen molar-refractivity contribution in [1.29, 1.82) is 0 Å². The molecule has 3 fully saturated rings. The Morgan fingerprint density at radius 3 is 2.04 bits per heavy atom. The zero-order chi connectivity index (χ0) is 36.9. The first kappa shape index (κ1) is 37.3. The van der Waals surface area contributed by atoms with Gasteiger partial charge in [-0.1, -0.05) is 12.1 Å². The van der Waals surface area contributed by atoms with Gasteiger partial charge in [0.25, 0.3) is 0 Å². The summed E-state index contributed by atoms with van der Waals surface area (Å²) in [6.45, 7) is 6.71. The van der Waals surface area contributed by atoms with Gasteiger partial charge in [0.2, 0.25) is 0 Å². The third-order valence-corrected chi connectivity index (χ3v) is 10.4. The molecule has 0 radical (unpaired) electrons. The highest BCUT2D eigenvalue weighted by Gasteiger charge is 2.43. The maximum atomic E-state index is 13.7. The Morgan fingerprint density at radius 2 is 1.41 bits per heavy atom. The second-order valence-corrected chi connectivity index (χ2v) is 14.5. The van der Waals surface area contributed by atoms with Crippen LogP contribution in [0.2, 0.25) is 0 Å². The van der Waals surface area contributed by atoms with Gasteiger partial charge in [-0.05, 0) is 58.2 Å². The second kappa shape index (κ2) is 14.5. The number of fused-ring (bicyclic) bond motifs is 2. The first-order valence-electron chi connectivity index (χ1n) is 17.4. The summed E-state index contributed by atoms with van der Waals surface area (Å²) in [6, 6.07) is 5.45. The minimum atomic E-state index is -1.73. The van der Waals surface area contributed by atoms with E-state index in [1.54, 1.807) is 6.92 Å². The van der Waals surface area contributed by atoms with Crippen molar-refractivity contribution < 1.29 is 68.7 Å². The van der Waals surface area contributed by atoms with Crippen LogP contribution in [0.15, 0.2) is 24.3 Å². The zero-order valence-electron chi connectivity index (χ0n) is 29.0. The molecule has 0 spiro atoms. The number of rotatable bonds is 9. The molecule has 6 rings (SSSR count). The molecule has 51 heavy (non-hydrogen) atoms. The van der Waals surface area contributed by atoms with Gasteiger partial charge < -0.3 is 54.3 Å². The summed E-state index contributed by atoms with van der Waals surface area (Å²) < 4.78 is 30.4. The summed E-state index contributed by atoms with van der Waals surface area (Å²) in [5, 5.41) is 63.2. The number of aliphatic hydroxyl groups excluding tert-OH is 2. The number of ether oxygens (including phenoxy) is 5. The summed E-state index contributed by atoms with van der Waals surface area (Å²) in [6.07, 6.45) is -4.29. The van der Waals surface area contributed by atoms with E-state index >= 15 is 0 Å². The third-order valence-electron chi connectivity index (χ3n) is 10.4. The Kier molecular flexibility index (Phi) is 10.6. The van der Waals surface area contributed by atoms with Crippen molar-refractivity contribution in [3.63, 3.8) is 0 Å². The van der Waals surface area contributed by atoms with Crippen molar-refractivity contribution in [2.24, 2.45) is 0 Å². The third kappa shape index (κ3) is 7.55. The van der Waals surface area contributed by atoms with Crippen LogP contribution in [0.1, 0.15) is 115 Å². The quantitative estimate of drug-likeness (QED) is 0.188. The van der Waals surface area contributed by atoms with Crippen molar-refractivity contribution in [1.82, 2.24) is 0 Å². The molecule has 3 heterocycles. The molecular formula is C37H46O14. The molecule has 0 aromatic heterocycles. The number of ketones is 2. The molecule has 14 nitrogen and oxygen atoms in total. The van der Waals surface area contributed by atoms with E-state index in [1.807, 2.05) is 13.8 Å². The smallest absolute Gasteiger partial charge is 0.306 e. The molecule has 6 N–H and O–H groups in total. The number of aliphatic carboxylic acids is 1. The van der Waals surface area contributed by atoms with Crippen LogP contribution < -0.4 is 0 Å². The van der Waals surface area contributed by atoms with E-state index in [2.05, 4.69) is 0 Å². The molecule has 0 amide bonds. The lowest BCUT2D eigenvalue weighted by atomic mass is 9.79. The fourth-order valence-corrected chi connectivity index (χ4v) is 7.63. The number of carbonyl (C=O) groups is 3. The molecule has 2 aromatic rings. The Hall–Kier alpha value is -3.47. The highest BCUT2D eigenvalue weighted by atomic mass is 16.7. The lowest BCUT2D eigenvalue weighted by Gasteiger charge is -2.43. The Morgan fingerprint density at radius 1 is 0.804 bits per heavy atom.